The van der Waals surface area contributed by atoms with Crippen LogP contribution in [0.2, 0.25) is 0 Å². The van der Waals surface area contributed by atoms with Crippen LogP contribution in [0.4, 0.5) is 10.1 Å². The summed E-state index contributed by atoms with van der Waals surface area (Å²) in [6.07, 6.45) is 4.62. The van der Waals surface area contributed by atoms with Crippen LogP contribution in [0.15, 0.2) is 67.4 Å². The van der Waals surface area contributed by atoms with Crippen LogP contribution >= 0.6 is 0 Å². The standard InChI is InChI=1S/C20H17FN6O/c1-14-19(10-23-27(14)18-7-5-16(21)6-8-18)20(28)25-17-4-2-3-15(9-17)11-26-13-22-12-24-26/h2-10,12-13H,11H2,1H3,(H,25,28). The topological polar surface area (TPSA) is 77.6 Å². The van der Waals surface area contributed by atoms with Gasteiger partial charge in [-0.25, -0.2) is 18.7 Å². The smallest absolute Gasteiger partial charge is 0.259 e. The lowest BCUT2D eigenvalue weighted by molar-refractivity contribution is 0.102. The first-order valence-corrected chi connectivity index (χ1v) is 8.63. The van der Waals surface area contributed by atoms with Crippen molar-refractivity contribution in [3.8, 4) is 5.69 Å². The van der Waals surface area contributed by atoms with E-state index in [1.165, 1.54) is 24.7 Å². The highest BCUT2D eigenvalue weighted by Crippen LogP contribution is 2.17. The summed E-state index contributed by atoms with van der Waals surface area (Å²) in [6.45, 7) is 2.36. The van der Waals surface area contributed by atoms with Crippen LogP contribution < -0.4 is 5.32 Å². The van der Waals surface area contributed by atoms with Gasteiger partial charge in [0.15, 0.2) is 0 Å². The summed E-state index contributed by atoms with van der Waals surface area (Å²) in [7, 11) is 0. The van der Waals surface area contributed by atoms with Crippen LogP contribution in [0.25, 0.3) is 5.69 Å². The molecule has 0 aliphatic carbocycles. The second kappa shape index (κ2) is 7.43. The highest BCUT2D eigenvalue weighted by atomic mass is 19.1. The van der Waals surface area contributed by atoms with Crippen molar-refractivity contribution in [1.82, 2.24) is 24.5 Å². The van der Waals surface area contributed by atoms with E-state index in [-0.39, 0.29) is 11.7 Å². The molecule has 0 spiro atoms. The summed E-state index contributed by atoms with van der Waals surface area (Å²) in [5.74, 6) is -0.582. The average molecular weight is 376 g/mol. The van der Waals surface area contributed by atoms with Crippen LogP contribution in [0, 0.1) is 12.7 Å². The zero-order chi connectivity index (χ0) is 19.5. The Labute approximate surface area is 160 Å². The Hall–Kier alpha value is -3.81. The fraction of sp³-hybridized carbons (Fsp3) is 0.100. The number of hydrogen-bond donors (Lipinski definition) is 1. The van der Waals surface area contributed by atoms with Crippen LogP contribution in [-0.4, -0.2) is 30.5 Å². The van der Waals surface area contributed by atoms with Crippen LogP contribution in [0.5, 0.6) is 0 Å². The second-order valence-corrected chi connectivity index (χ2v) is 6.28. The third kappa shape index (κ3) is 3.66. The quantitative estimate of drug-likeness (QED) is 0.580. The first-order valence-electron chi connectivity index (χ1n) is 8.63. The van der Waals surface area contributed by atoms with Crippen LogP contribution in [0.1, 0.15) is 21.6 Å². The number of carbonyl (C=O) groups excluding carboxylic acids is 1. The molecule has 2 aromatic carbocycles. The Morgan fingerprint density at radius 1 is 1.14 bits per heavy atom. The number of aromatic nitrogens is 5. The van der Waals surface area contributed by atoms with Crippen LogP contribution in [0.3, 0.4) is 0 Å². The van der Waals surface area contributed by atoms with Gasteiger partial charge in [-0.05, 0) is 48.9 Å². The maximum atomic E-state index is 13.1. The van der Waals surface area contributed by atoms with E-state index in [4.69, 9.17) is 0 Å². The molecule has 8 heteroatoms. The Morgan fingerprint density at radius 2 is 1.96 bits per heavy atom. The number of amides is 1. The number of nitrogens with one attached hydrogen (secondary N) is 1. The molecule has 0 radical (unpaired) electrons. The van der Waals surface area contributed by atoms with Crippen molar-refractivity contribution in [3.63, 3.8) is 0 Å². The molecule has 0 aliphatic heterocycles. The average Bonchev–Trinajstić information content (AvgIpc) is 3.32. The highest BCUT2D eigenvalue weighted by Gasteiger charge is 2.15. The van der Waals surface area contributed by atoms with Gasteiger partial charge < -0.3 is 5.32 Å². The molecule has 7 nitrogen and oxygen atoms in total. The van der Waals surface area contributed by atoms with Crippen molar-refractivity contribution in [3.05, 3.63) is 90.0 Å². The summed E-state index contributed by atoms with van der Waals surface area (Å²) in [4.78, 5) is 16.6. The largest absolute Gasteiger partial charge is 0.322 e. The van der Waals surface area contributed by atoms with E-state index in [2.05, 4.69) is 20.5 Å². The van der Waals surface area contributed by atoms with Gasteiger partial charge in [-0.15, -0.1) is 0 Å². The fourth-order valence-electron chi connectivity index (χ4n) is 2.92. The molecule has 0 saturated carbocycles. The van der Waals surface area contributed by atoms with E-state index < -0.39 is 0 Å². The number of carbonyl (C=O) groups is 1. The number of nitrogens with zero attached hydrogens (tertiary/aromatic N) is 5. The van der Waals surface area contributed by atoms with Crippen molar-refractivity contribution < 1.29 is 9.18 Å². The number of benzene rings is 2. The number of hydrogen-bond acceptors (Lipinski definition) is 4. The normalized spacial score (nSPS) is 10.8. The van der Waals surface area contributed by atoms with E-state index in [0.717, 1.165) is 5.56 Å². The SMILES string of the molecule is Cc1c(C(=O)Nc2cccc(Cn3cncn3)c2)cnn1-c1ccc(F)cc1. The zero-order valence-corrected chi connectivity index (χ0v) is 15.1. The van der Waals surface area contributed by atoms with E-state index in [9.17, 15) is 9.18 Å². The molecular weight excluding hydrogens is 359 g/mol. The van der Waals surface area contributed by atoms with Gasteiger partial charge in [0.2, 0.25) is 0 Å². The molecule has 0 saturated heterocycles. The van der Waals surface area contributed by atoms with Gasteiger partial charge in [-0.3, -0.25) is 4.79 Å². The van der Waals surface area contributed by atoms with Crippen molar-refractivity contribution in [2.75, 3.05) is 5.32 Å². The minimum Gasteiger partial charge on any atom is -0.322 e. The van der Waals surface area contributed by atoms with E-state index >= 15 is 0 Å². The molecule has 2 heterocycles. The molecule has 28 heavy (non-hydrogen) atoms. The molecule has 0 aliphatic rings. The Bertz CT molecular complexity index is 1100. The molecule has 0 bridgehead atoms. The third-order valence-electron chi connectivity index (χ3n) is 4.32. The summed E-state index contributed by atoms with van der Waals surface area (Å²) in [6, 6.07) is 13.5. The number of anilines is 1. The predicted octanol–water partition coefficient (Wildman–Crippen LogP) is 3.21. The molecule has 4 aromatic rings. The lowest BCUT2D eigenvalue weighted by Crippen LogP contribution is -2.13. The summed E-state index contributed by atoms with van der Waals surface area (Å²) < 4.78 is 16.4. The Morgan fingerprint density at radius 3 is 2.71 bits per heavy atom. The minimum atomic E-state index is -0.322. The summed E-state index contributed by atoms with van der Waals surface area (Å²) >= 11 is 0. The van der Waals surface area contributed by atoms with Gasteiger partial charge in [-0.1, -0.05) is 12.1 Å². The number of rotatable bonds is 5. The summed E-state index contributed by atoms with van der Waals surface area (Å²) in [5, 5.41) is 11.2. The zero-order valence-electron chi connectivity index (χ0n) is 15.1. The lowest BCUT2D eigenvalue weighted by atomic mass is 10.2. The molecule has 0 atom stereocenters. The van der Waals surface area contributed by atoms with Gasteiger partial charge >= 0.3 is 0 Å². The Balaban J connectivity index is 1.52. The first-order chi connectivity index (χ1) is 13.6. The van der Waals surface area contributed by atoms with Crippen molar-refractivity contribution >= 4 is 11.6 Å². The van der Waals surface area contributed by atoms with Gasteiger partial charge in [0.05, 0.1) is 29.7 Å². The molecule has 4 rings (SSSR count). The van der Waals surface area contributed by atoms with Crippen molar-refractivity contribution in [1.29, 1.82) is 0 Å². The monoisotopic (exact) mass is 376 g/mol. The van der Waals surface area contributed by atoms with Gasteiger partial charge in [0.1, 0.15) is 18.5 Å². The van der Waals surface area contributed by atoms with Crippen LogP contribution in [-0.2, 0) is 6.54 Å². The van der Waals surface area contributed by atoms with Gasteiger partial charge in [-0.2, -0.15) is 10.2 Å². The molecule has 1 amide bonds. The Kier molecular flexibility index (Phi) is 4.67. The van der Waals surface area contributed by atoms with E-state index in [0.29, 0.717) is 29.2 Å². The fourth-order valence-corrected chi connectivity index (χ4v) is 2.92. The highest BCUT2D eigenvalue weighted by molar-refractivity contribution is 6.05. The maximum Gasteiger partial charge on any atom is 0.259 e. The number of halogens is 1. The molecule has 2 aromatic heterocycles. The minimum absolute atomic E-state index is 0.260. The van der Waals surface area contributed by atoms with Gasteiger partial charge in [0, 0.05) is 5.69 Å². The van der Waals surface area contributed by atoms with E-state index in [1.54, 1.807) is 34.7 Å². The van der Waals surface area contributed by atoms with Crippen molar-refractivity contribution in [2.45, 2.75) is 13.5 Å². The maximum absolute atomic E-state index is 13.1. The van der Waals surface area contributed by atoms with Crippen molar-refractivity contribution in [2.24, 2.45) is 0 Å². The lowest BCUT2D eigenvalue weighted by Gasteiger charge is -2.08. The van der Waals surface area contributed by atoms with Gasteiger partial charge in [0.25, 0.3) is 5.91 Å². The second-order valence-electron chi connectivity index (χ2n) is 6.28. The summed E-state index contributed by atoms with van der Waals surface area (Å²) in [5.41, 5.74) is 3.47. The molecule has 1 N–H and O–H groups in total. The molecule has 140 valence electrons. The first kappa shape index (κ1) is 17.6. The predicted molar refractivity (Wildman–Crippen MR) is 102 cm³/mol. The molecular formula is C20H17FN6O. The molecule has 0 fully saturated rings. The molecule has 0 unspecified atom stereocenters. The third-order valence-corrected chi connectivity index (χ3v) is 4.32. The van der Waals surface area contributed by atoms with E-state index in [1.807, 2.05) is 24.3 Å².